The first kappa shape index (κ1) is 13.0. The summed E-state index contributed by atoms with van der Waals surface area (Å²) in [4.78, 5) is -2.12. The molecular formula is C13H10Cl4O2. The lowest BCUT2D eigenvalue weighted by molar-refractivity contribution is -0.171. The summed E-state index contributed by atoms with van der Waals surface area (Å²) in [6, 6.07) is 0. The first-order valence-electron chi connectivity index (χ1n) is 6.07. The second kappa shape index (κ2) is 3.73. The molecule has 2 nitrogen and oxygen atoms in total. The minimum absolute atomic E-state index is 0.0928. The first-order chi connectivity index (χ1) is 9.00. The molecule has 6 heteroatoms. The fourth-order valence-electron chi connectivity index (χ4n) is 3.80. The third kappa shape index (κ3) is 1.11. The van der Waals surface area contributed by atoms with Crippen LogP contribution in [0.3, 0.4) is 0 Å². The van der Waals surface area contributed by atoms with E-state index in [9.17, 15) is 0 Å². The van der Waals surface area contributed by atoms with Crippen LogP contribution in [0.25, 0.3) is 0 Å². The van der Waals surface area contributed by atoms with E-state index in [0.717, 1.165) is 0 Å². The van der Waals surface area contributed by atoms with Crippen molar-refractivity contribution in [3.8, 4) is 0 Å². The van der Waals surface area contributed by atoms with Crippen LogP contribution in [0.15, 0.2) is 34.4 Å². The Morgan fingerprint density at radius 3 is 1.74 bits per heavy atom. The highest BCUT2D eigenvalue weighted by Crippen LogP contribution is 2.75. The molecule has 4 rings (SSSR count). The zero-order chi connectivity index (χ0) is 13.5. The van der Waals surface area contributed by atoms with Crippen molar-refractivity contribution < 1.29 is 9.47 Å². The third-order valence-corrected chi connectivity index (χ3v) is 7.18. The number of hydrogen-bond acceptors (Lipinski definition) is 2. The topological polar surface area (TPSA) is 18.5 Å². The van der Waals surface area contributed by atoms with Crippen LogP contribution in [-0.4, -0.2) is 28.7 Å². The highest BCUT2D eigenvalue weighted by Gasteiger charge is 2.85. The largest absolute Gasteiger partial charge is 0.344 e. The zero-order valence-electron chi connectivity index (χ0n) is 9.71. The van der Waals surface area contributed by atoms with Gasteiger partial charge < -0.3 is 9.47 Å². The molecule has 1 saturated carbocycles. The van der Waals surface area contributed by atoms with Gasteiger partial charge in [-0.25, -0.2) is 0 Å². The summed E-state index contributed by atoms with van der Waals surface area (Å²) >= 11 is 26.5. The molecular weight excluding hydrogens is 330 g/mol. The molecule has 4 aliphatic rings. The molecule has 0 N–H and O–H groups in total. The molecule has 2 bridgehead atoms. The van der Waals surface area contributed by atoms with Gasteiger partial charge in [0.05, 0.1) is 23.3 Å². The Hall–Kier alpha value is 0.300. The van der Waals surface area contributed by atoms with Crippen LogP contribution in [0.1, 0.15) is 0 Å². The minimum Gasteiger partial charge on any atom is -0.344 e. The van der Waals surface area contributed by atoms with Crippen molar-refractivity contribution in [2.75, 3.05) is 13.2 Å². The van der Waals surface area contributed by atoms with E-state index in [2.05, 4.69) is 0 Å². The van der Waals surface area contributed by atoms with Gasteiger partial charge >= 0.3 is 0 Å². The van der Waals surface area contributed by atoms with E-state index in [1.54, 1.807) is 0 Å². The number of fused-ring (bicyclic) bond motifs is 3. The molecule has 1 aliphatic heterocycles. The highest BCUT2D eigenvalue weighted by atomic mass is 35.5. The van der Waals surface area contributed by atoms with Crippen molar-refractivity contribution in [2.45, 2.75) is 15.5 Å². The van der Waals surface area contributed by atoms with Gasteiger partial charge in [0.1, 0.15) is 9.75 Å². The molecule has 0 aromatic carbocycles. The number of alkyl halides is 2. The molecule has 0 unspecified atom stereocenters. The van der Waals surface area contributed by atoms with Gasteiger partial charge in [-0.15, -0.1) is 23.2 Å². The normalized spacial score (nSPS) is 49.5. The molecule has 4 atom stereocenters. The minimum atomic E-state index is -1.19. The molecule has 3 aliphatic carbocycles. The smallest absolute Gasteiger partial charge is 0.219 e. The maximum absolute atomic E-state index is 6.87. The molecule has 1 spiro atoms. The fourth-order valence-corrected chi connectivity index (χ4v) is 5.87. The summed E-state index contributed by atoms with van der Waals surface area (Å²) < 4.78 is 11.7. The van der Waals surface area contributed by atoms with Crippen LogP contribution in [0.2, 0.25) is 0 Å². The van der Waals surface area contributed by atoms with Crippen molar-refractivity contribution in [3.05, 3.63) is 34.4 Å². The third-order valence-electron chi connectivity index (χ3n) is 4.54. The van der Waals surface area contributed by atoms with Gasteiger partial charge in [0.25, 0.3) is 0 Å². The fraction of sp³-hybridized carbons (Fsp3) is 0.538. The van der Waals surface area contributed by atoms with Gasteiger partial charge in [0.15, 0.2) is 0 Å². The lowest BCUT2D eigenvalue weighted by Gasteiger charge is -2.38. The molecule has 1 saturated heterocycles. The molecule has 0 radical (unpaired) electrons. The van der Waals surface area contributed by atoms with Crippen LogP contribution in [0.5, 0.6) is 0 Å². The van der Waals surface area contributed by atoms with Gasteiger partial charge in [-0.1, -0.05) is 47.5 Å². The number of ether oxygens (including phenoxy) is 2. The van der Waals surface area contributed by atoms with Crippen LogP contribution >= 0.6 is 46.4 Å². The maximum Gasteiger partial charge on any atom is 0.219 e. The predicted octanol–water partition coefficient (Wildman–Crippen LogP) is 3.76. The summed E-state index contributed by atoms with van der Waals surface area (Å²) in [5, 5.41) is 0.683. The van der Waals surface area contributed by atoms with Crippen LogP contribution in [-0.2, 0) is 9.47 Å². The standard InChI is InChI=1S/C13H10Cl4O2/c14-9-10(15)12(17)8-4-2-1-3-7(8)11(9,16)13(12)18-5-6-19-13/h1-4,7-8H,5-6H2/t7-,8+,11-,12+. The van der Waals surface area contributed by atoms with Crippen LogP contribution in [0, 0.1) is 11.8 Å². The van der Waals surface area contributed by atoms with Crippen LogP contribution < -0.4 is 0 Å². The molecule has 0 aromatic heterocycles. The summed E-state index contributed by atoms with van der Waals surface area (Å²) in [5.41, 5.74) is 0. The van der Waals surface area contributed by atoms with E-state index < -0.39 is 15.5 Å². The molecule has 1 heterocycles. The molecule has 19 heavy (non-hydrogen) atoms. The molecule has 0 amide bonds. The van der Waals surface area contributed by atoms with E-state index in [4.69, 9.17) is 55.9 Å². The van der Waals surface area contributed by atoms with Gasteiger partial charge in [0, 0.05) is 11.8 Å². The van der Waals surface area contributed by atoms with E-state index >= 15 is 0 Å². The Morgan fingerprint density at radius 2 is 1.32 bits per heavy atom. The SMILES string of the molecule is ClC1=C(Cl)[C@]2(Cl)[C@@H]3C=CC=C[C@@H]3[C@@]1(Cl)C21OCCO1. The summed E-state index contributed by atoms with van der Waals surface area (Å²) in [6.07, 6.45) is 7.88. The van der Waals surface area contributed by atoms with Crippen molar-refractivity contribution in [1.82, 2.24) is 0 Å². The average molecular weight is 340 g/mol. The predicted molar refractivity (Wildman–Crippen MR) is 75.8 cm³/mol. The highest BCUT2D eigenvalue weighted by molar-refractivity contribution is 6.52. The monoisotopic (exact) mass is 338 g/mol. The summed E-state index contributed by atoms with van der Waals surface area (Å²) in [6.45, 7) is 0.869. The summed E-state index contributed by atoms with van der Waals surface area (Å²) in [7, 11) is 0. The maximum atomic E-state index is 6.87. The Balaban J connectivity index is 2.03. The van der Waals surface area contributed by atoms with Crippen molar-refractivity contribution in [1.29, 1.82) is 0 Å². The number of rotatable bonds is 0. The van der Waals surface area contributed by atoms with Crippen LogP contribution in [0.4, 0.5) is 0 Å². The van der Waals surface area contributed by atoms with E-state index in [0.29, 0.717) is 23.3 Å². The Morgan fingerprint density at radius 1 is 0.895 bits per heavy atom. The summed E-state index contributed by atoms with van der Waals surface area (Å²) in [5.74, 6) is -1.37. The lowest BCUT2D eigenvalue weighted by atomic mass is 9.79. The number of halogens is 4. The second-order valence-electron chi connectivity index (χ2n) is 5.19. The second-order valence-corrected chi connectivity index (χ2v) is 7.13. The van der Waals surface area contributed by atoms with E-state index in [1.165, 1.54) is 0 Å². The zero-order valence-corrected chi connectivity index (χ0v) is 12.7. The van der Waals surface area contributed by atoms with Gasteiger partial charge in [-0.2, -0.15) is 0 Å². The Labute approximate surface area is 130 Å². The Kier molecular flexibility index (Phi) is 2.55. The van der Waals surface area contributed by atoms with Crippen molar-refractivity contribution >= 4 is 46.4 Å². The molecule has 102 valence electrons. The average Bonchev–Trinajstić information content (AvgIpc) is 3.02. The van der Waals surface area contributed by atoms with Crippen molar-refractivity contribution in [2.24, 2.45) is 11.8 Å². The first-order valence-corrected chi connectivity index (χ1v) is 7.58. The van der Waals surface area contributed by atoms with Crippen molar-refractivity contribution in [3.63, 3.8) is 0 Å². The van der Waals surface area contributed by atoms with E-state index in [1.807, 2.05) is 24.3 Å². The lowest BCUT2D eigenvalue weighted by Crippen LogP contribution is -2.55. The quantitative estimate of drug-likeness (QED) is 0.625. The molecule has 0 aromatic rings. The Bertz CT molecular complexity index is 507. The van der Waals surface area contributed by atoms with Gasteiger partial charge in [0.2, 0.25) is 5.79 Å². The number of allylic oxidation sites excluding steroid dienone is 4. The number of hydrogen-bond donors (Lipinski definition) is 0. The van der Waals surface area contributed by atoms with Gasteiger partial charge in [-0.05, 0) is 0 Å². The van der Waals surface area contributed by atoms with E-state index in [-0.39, 0.29) is 11.8 Å². The van der Waals surface area contributed by atoms with Gasteiger partial charge in [-0.3, -0.25) is 0 Å². The molecule has 2 fully saturated rings.